The molecule has 0 radical (unpaired) electrons. The van der Waals surface area contributed by atoms with Crippen LogP contribution in [0.1, 0.15) is 19.4 Å². The Morgan fingerprint density at radius 2 is 1.72 bits per heavy atom. The first-order valence-corrected chi connectivity index (χ1v) is 8.24. The molecule has 0 aliphatic rings. The van der Waals surface area contributed by atoms with Gasteiger partial charge in [0.05, 0.1) is 5.02 Å². The predicted molar refractivity (Wildman–Crippen MR) is 97.7 cm³/mol. The summed E-state index contributed by atoms with van der Waals surface area (Å²) in [4.78, 5) is 23.1. The summed E-state index contributed by atoms with van der Waals surface area (Å²) in [5.41, 5.74) is 1.24. The Morgan fingerprint density at radius 3 is 2.32 bits per heavy atom. The Kier molecular flexibility index (Phi) is 6.28. The number of halogens is 2. The molecule has 2 aromatic carbocycles. The molecule has 2 rings (SSSR count). The van der Waals surface area contributed by atoms with Gasteiger partial charge >= 0.3 is 5.97 Å². The number of anilines is 1. The van der Waals surface area contributed by atoms with E-state index in [2.05, 4.69) is 5.32 Å². The minimum atomic E-state index is -0.772. The van der Waals surface area contributed by atoms with E-state index in [1.807, 2.05) is 0 Å². The minimum Gasteiger partial charge on any atom is -0.479 e. The van der Waals surface area contributed by atoms with Crippen LogP contribution < -0.4 is 14.8 Å². The summed E-state index contributed by atoms with van der Waals surface area (Å²) in [5.74, 6) is 0.0347. The summed E-state index contributed by atoms with van der Waals surface area (Å²) in [6.45, 7) is 4.70. The summed E-state index contributed by atoms with van der Waals surface area (Å²) in [6, 6.07) is 9.71. The van der Waals surface area contributed by atoms with E-state index in [-0.39, 0.29) is 5.91 Å². The molecule has 25 heavy (non-hydrogen) atoms. The lowest BCUT2D eigenvalue weighted by atomic mass is 10.2. The molecule has 0 fully saturated rings. The van der Waals surface area contributed by atoms with E-state index in [0.29, 0.717) is 32.8 Å². The molecule has 0 heterocycles. The minimum absolute atomic E-state index is 0.344. The SMILES string of the molecule is CC(=O)Oc1ccc(NC(=O)C(C)Oc2ccc(Cl)c(C)c2Cl)cc1. The molecule has 2 aromatic rings. The first kappa shape index (κ1) is 19.1. The largest absolute Gasteiger partial charge is 0.479 e. The van der Waals surface area contributed by atoms with E-state index < -0.39 is 12.1 Å². The molecule has 1 N–H and O–H groups in total. The number of carbonyl (C=O) groups is 2. The summed E-state index contributed by atoms with van der Waals surface area (Å²) < 4.78 is 10.6. The maximum Gasteiger partial charge on any atom is 0.308 e. The molecule has 0 saturated heterocycles. The van der Waals surface area contributed by atoms with Crippen molar-refractivity contribution in [1.82, 2.24) is 0 Å². The van der Waals surface area contributed by atoms with E-state index in [4.69, 9.17) is 32.7 Å². The van der Waals surface area contributed by atoms with Crippen LogP contribution in [0, 0.1) is 6.92 Å². The topological polar surface area (TPSA) is 64.6 Å². The van der Waals surface area contributed by atoms with Crippen LogP contribution in [-0.2, 0) is 9.59 Å². The standard InChI is InChI=1S/C18H17Cl2NO4/c1-10-15(19)8-9-16(17(10)20)24-11(2)18(23)21-13-4-6-14(7-5-13)25-12(3)22/h4-9,11H,1-3H3,(H,21,23). The van der Waals surface area contributed by atoms with Gasteiger partial charge in [0.2, 0.25) is 0 Å². The van der Waals surface area contributed by atoms with Gasteiger partial charge in [-0.15, -0.1) is 0 Å². The van der Waals surface area contributed by atoms with E-state index >= 15 is 0 Å². The molecular weight excluding hydrogens is 365 g/mol. The second-order valence-electron chi connectivity index (χ2n) is 5.35. The molecule has 0 aliphatic carbocycles. The Hall–Kier alpha value is -2.24. The van der Waals surface area contributed by atoms with Crippen molar-refractivity contribution in [2.45, 2.75) is 26.9 Å². The van der Waals surface area contributed by atoms with Crippen molar-refractivity contribution < 1.29 is 19.1 Å². The molecule has 0 aliphatic heterocycles. The first-order valence-electron chi connectivity index (χ1n) is 7.48. The Balaban J connectivity index is 2.01. The number of esters is 1. The van der Waals surface area contributed by atoms with Crippen LogP contribution in [0.25, 0.3) is 0 Å². The fourth-order valence-corrected chi connectivity index (χ4v) is 2.40. The molecule has 0 spiro atoms. The molecule has 1 atom stereocenters. The number of hydrogen-bond donors (Lipinski definition) is 1. The van der Waals surface area contributed by atoms with E-state index in [9.17, 15) is 9.59 Å². The highest BCUT2D eigenvalue weighted by Gasteiger charge is 2.17. The summed E-state index contributed by atoms with van der Waals surface area (Å²) in [5, 5.41) is 3.62. The van der Waals surface area contributed by atoms with Crippen molar-refractivity contribution in [2.75, 3.05) is 5.32 Å². The van der Waals surface area contributed by atoms with E-state index in [1.165, 1.54) is 6.92 Å². The van der Waals surface area contributed by atoms with Gasteiger partial charge in [0.15, 0.2) is 6.10 Å². The number of nitrogens with one attached hydrogen (secondary N) is 1. The van der Waals surface area contributed by atoms with Gasteiger partial charge in [-0.2, -0.15) is 0 Å². The fraction of sp³-hybridized carbons (Fsp3) is 0.222. The van der Waals surface area contributed by atoms with Gasteiger partial charge in [-0.3, -0.25) is 9.59 Å². The van der Waals surface area contributed by atoms with Crippen LogP contribution in [0.3, 0.4) is 0 Å². The van der Waals surface area contributed by atoms with Gasteiger partial charge in [-0.05, 0) is 55.8 Å². The molecule has 1 unspecified atom stereocenters. The summed E-state index contributed by atoms with van der Waals surface area (Å²) in [7, 11) is 0. The van der Waals surface area contributed by atoms with E-state index in [0.717, 1.165) is 0 Å². The van der Waals surface area contributed by atoms with Crippen LogP contribution in [0.4, 0.5) is 5.69 Å². The molecule has 0 aromatic heterocycles. The van der Waals surface area contributed by atoms with Crippen LogP contribution in [0.15, 0.2) is 36.4 Å². The van der Waals surface area contributed by atoms with Crippen molar-refractivity contribution in [1.29, 1.82) is 0 Å². The quantitative estimate of drug-likeness (QED) is 0.605. The van der Waals surface area contributed by atoms with Gasteiger partial charge in [-0.25, -0.2) is 0 Å². The van der Waals surface area contributed by atoms with Crippen LogP contribution >= 0.6 is 23.2 Å². The third-order valence-electron chi connectivity index (χ3n) is 3.34. The first-order chi connectivity index (χ1) is 11.8. The van der Waals surface area contributed by atoms with E-state index in [1.54, 1.807) is 50.2 Å². The number of amides is 1. The van der Waals surface area contributed by atoms with Crippen molar-refractivity contribution in [3.63, 3.8) is 0 Å². The lowest BCUT2D eigenvalue weighted by molar-refractivity contribution is -0.131. The maximum atomic E-state index is 12.3. The Labute approximate surface area is 155 Å². The third-order valence-corrected chi connectivity index (χ3v) is 4.22. The Morgan fingerprint density at radius 1 is 1.08 bits per heavy atom. The zero-order valence-electron chi connectivity index (χ0n) is 13.9. The highest BCUT2D eigenvalue weighted by atomic mass is 35.5. The van der Waals surface area contributed by atoms with Gasteiger partial charge in [-0.1, -0.05) is 23.2 Å². The number of benzene rings is 2. The highest BCUT2D eigenvalue weighted by Crippen LogP contribution is 2.33. The molecule has 0 saturated carbocycles. The van der Waals surface area contributed by atoms with Crippen molar-refractivity contribution >= 4 is 40.8 Å². The lowest BCUT2D eigenvalue weighted by Crippen LogP contribution is -2.30. The normalized spacial score (nSPS) is 11.6. The number of rotatable bonds is 5. The molecular formula is C18H17Cl2NO4. The predicted octanol–water partition coefficient (Wildman–Crippen LogP) is 4.63. The molecule has 1 amide bonds. The number of carbonyl (C=O) groups excluding carboxylic acids is 2. The van der Waals surface area contributed by atoms with Crippen LogP contribution in [0.2, 0.25) is 10.0 Å². The number of hydrogen-bond acceptors (Lipinski definition) is 4. The maximum absolute atomic E-state index is 12.3. The van der Waals surface area contributed by atoms with Crippen molar-refractivity contribution in [3.8, 4) is 11.5 Å². The number of ether oxygens (including phenoxy) is 2. The summed E-state index contributed by atoms with van der Waals surface area (Å²) in [6.07, 6.45) is -0.772. The molecule has 5 nitrogen and oxygen atoms in total. The molecule has 132 valence electrons. The van der Waals surface area contributed by atoms with Crippen molar-refractivity contribution in [3.05, 3.63) is 52.0 Å². The highest BCUT2D eigenvalue weighted by molar-refractivity contribution is 6.36. The van der Waals surface area contributed by atoms with Gasteiger partial charge in [0.1, 0.15) is 11.5 Å². The van der Waals surface area contributed by atoms with Crippen LogP contribution in [-0.4, -0.2) is 18.0 Å². The van der Waals surface area contributed by atoms with Crippen LogP contribution in [0.5, 0.6) is 11.5 Å². The second-order valence-corrected chi connectivity index (χ2v) is 6.14. The molecule has 7 heteroatoms. The second kappa shape index (κ2) is 8.23. The molecule has 0 bridgehead atoms. The zero-order chi connectivity index (χ0) is 18.6. The summed E-state index contributed by atoms with van der Waals surface area (Å²) >= 11 is 12.2. The monoisotopic (exact) mass is 381 g/mol. The van der Waals surface area contributed by atoms with Gasteiger partial charge < -0.3 is 14.8 Å². The smallest absolute Gasteiger partial charge is 0.308 e. The van der Waals surface area contributed by atoms with Crippen molar-refractivity contribution in [2.24, 2.45) is 0 Å². The average molecular weight is 382 g/mol. The van der Waals surface area contributed by atoms with Gasteiger partial charge in [0.25, 0.3) is 5.91 Å². The zero-order valence-corrected chi connectivity index (χ0v) is 15.4. The van der Waals surface area contributed by atoms with Gasteiger partial charge in [0, 0.05) is 17.6 Å². The lowest BCUT2D eigenvalue weighted by Gasteiger charge is -2.17. The third kappa shape index (κ3) is 5.11. The fourth-order valence-electron chi connectivity index (χ4n) is 1.99. The average Bonchev–Trinajstić information content (AvgIpc) is 2.56. The Bertz CT molecular complexity index is 790.